The second kappa shape index (κ2) is 1.92. The van der Waals surface area contributed by atoms with Crippen LogP contribution >= 0.6 is 0 Å². The van der Waals surface area contributed by atoms with E-state index in [4.69, 9.17) is 5.21 Å². The van der Waals surface area contributed by atoms with Crippen LogP contribution in [0.25, 0.3) is 0 Å². The number of hydrogen-bond acceptors (Lipinski definition) is 4. The fraction of sp³-hybridized carbons (Fsp3) is 0.333. The van der Waals surface area contributed by atoms with E-state index in [1.54, 1.807) is 6.08 Å². The van der Waals surface area contributed by atoms with E-state index in [9.17, 15) is 0 Å². The highest BCUT2D eigenvalue weighted by Gasteiger charge is 2.00. The molecule has 0 bridgehead atoms. The number of nitrogens with zero attached hydrogens (tertiary/aromatic N) is 1. The Morgan fingerprint density at radius 1 is 1.71 bits per heavy atom. The van der Waals surface area contributed by atoms with Gasteiger partial charge in [-0.1, -0.05) is 4.99 Å². The van der Waals surface area contributed by atoms with E-state index < -0.39 is 0 Å². The van der Waals surface area contributed by atoms with Crippen molar-refractivity contribution in [2.24, 2.45) is 0 Å². The van der Waals surface area contributed by atoms with Crippen molar-refractivity contribution in [3.8, 4) is 0 Å². The smallest absolute Gasteiger partial charge is 0.129 e. The summed E-state index contributed by atoms with van der Waals surface area (Å²) in [4.78, 5) is 8.26. The van der Waals surface area contributed by atoms with Gasteiger partial charge in [-0.25, -0.2) is 0 Å². The van der Waals surface area contributed by atoms with Gasteiger partial charge in [0.15, 0.2) is 0 Å². The Labute approximate surface area is 40.4 Å². The zero-order valence-corrected chi connectivity index (χ0v) is 3.57. The Bertz CT molecular complexity index is 82.2. The molecule has 1 heterocycles. The molecule has 4 heteroatoms. The minimum atomic E-state index is 0.347. The quantitative estimate of drug-likeness (QED) is 0.440. The zero-order chi connectivity index (χ0) is 5.11. The van der Waals surface area contributed by atoms with E-state index in [1.165, 1.54) is 6.26 Å². The predicted octanol–water partition coefficient (Wildman–Crippen LogP) is 0.0681. The molecule has 0 radical (unpaired) electrons. The lowest BCUT2D eigenvalue weighted by atomic mass is 10.6. The lowest BCUT2D eigenvalue weighted by Gasteiger charge is -2.11. The molecular weight excluding hydrogens is 98.0 g/mol. The van der Waals surface area contributed by atoms with Crippen LogP contribution in [0.2, 0.25) is 0 Å². The van der Waals surface area contributed by atoms with Crippen LogP contribution in [0, 0.1) is 0 Å². The third-order valence-electron chi connectivity index (χ3n) is 0.542. The summed E-state index contributed by atoms with van der Waals surface area (Å²) in [5.41, 5.74) is 0. The molecule has 1 rings (SSSR count). The number of hydroxylamine groups is 2. The Balaban J connectivity index is 2.32. The van der Waals surface area contributed by atoms with Crippen LogP contribution in [0.5, 0.6) is 0 Å². The fourth-order valence-electron chi connectivity index (χ4n) is 0.277. The number of rotatable bonds is 0. The Morgan fingerprint density at radius 2 is 2.57 bits per heavy atom. The van der Waals surface area contributed by atoms with Gasteiger partial charge in [0.25, 0.3) is 0 Å². The highest BCUT2D eigenvalue weighted by Crippen LogP contribution is 1.93. The van der Waals surface area contributed by atoms with E-state index in [1.807, 2.05) is 0 Å². The summed E-state index contributed by atoms with van der Waals surface area (Å²) in [5, 5.41) is 8.93. The molecule has 40 valence electrons. The molecule has 7 heavy (non-hydrogen) atoms. The van der Waals surface area contributed by atoms with Crippen molar-refractivity contribution in [2.45, 2.75) is 0 Å². The normalized spacial score (nSPS) is 21.9. The lowest BCUT2D eigenvalue weighted by Crippen LogP contribution is -2.21. The van der Waals surface area contributed by atoms with Crippen molar-refractivity contribution in [3.63, 3.8) is 0 Å². The molecule has 0 fully saturated rings. The van der Waals surface area contributed by atoms with Gasteiger partial charge in [-0.2, -0.15) is 0 Å². The van der Waals surface area contributed by atoms with Crippen LogP contribution in [0.15, 0.2) is 12.3 Å². The van der Waals surface area contributed by atoms with Gasteiger partial charge >= 0.3 is 0 Å². The van der Waals surface area contributed by atoms with Gasteiger partial charge in [0.1, 0.15) is 6.26 Å². The lowest BCUT2D eigenvalue weighted by molar-refractivity contribution is -0.494. The van der Waals surface area contributed by atoms with Gasteiger partial charge in [-0.3, -0.25) is 5.21 Å². The van der Waals surface area contributed by atoms with Crippen LogP contribution in [0.3, 0.4) is 0 Å². The molecular formula is C3H5NO3. The second-order valence-corrected chi connectivity index (χ2v) is 1.08. The van der Waals surface area contributed by atoms with Crippen LogP contribution in [-0.4, -0.2) is 17.0 Å². The summed E-state index contributed by atoms with van der Waals surface area (Å²) >= 11 is 0. The minimum Gasteiger partial charge on any atom is -0.326 e. The molecule has 0 unspecified atom stereocenters. The highest BCUT2D eigenvalue weighted by molar-refractivity contribution is 4.74. The van der Waals surface area contributed by atoms with Gasteiger partial charge in [-0.05, 0) is 11.3 Å². The van der Waals surface area contributed by atoms with E-state index in [-0.39, 0.29) is 0 Å². The first-order valence-electron chi connectivity index (χ1n) is 1.84. The average molecular weight is 103 g/mol. The molecule has 0 atom stereocenters. The molecule has 0 saturated carbocycles. The molecule has 0 saturated heterocycles. The Hall–Kier alpha value is -0.580. The molecule has 0 amide bonds. The van der Waals surface area contributed by atoms with Gasteiger partial charge in [0.05, 0.1) is 6.54 Å². The Morgan fingerprint density at radius 3 is 2.86 bits per heavy atom. The molecule has 4 nitrogen and oxygen atoms in total. The maximum absolute atomic E-state index is 8.34. The molecule has 0 aromatic heterocycles. The van der Waals surface area contributed by atoms with Crippen LogP contribution in [0.1, 0.15) is 0 Å². The maximum atomic E-state index is 8.34. The van der Waals surface area contributed by atoms with Crippen molar-refractivity contribution in [3.05, 3.63) is 12.3 Å². The average Bonchev–Trinajstić information content (AvgIpc) is 1.69. The van der Waals surface area contributed by atoms with Gasteiger partial charge in [0, 0.05) is 0 Å². The zero-order valence-electron chi connectivity index (χ0n) is 3.57. The third-order valence-corrected chi connectivity index (χ3v) is 0.542. The molecule has 1 aliphatic rings. The third kappa shape index (κ3) is 1.15. The van der Waals surface area contributed by atoms with Crippen molar-refractivity contribution in [2.75, 3.05) is 6.54 Å². The van der Waals surface area contributed by atoms with Gasteiger partial charge in [0.2, 0.25) is 0 Å². The predicted molar refractivity (Wildman–Crippen MR) is 19.8 cm³/mol. The van der Waals surface area contributed by atoms with Crippen molar-refractivity contribution < 1.29 is 15.1 Å². The molecule has 0 aromatic rings. The van der Waals surface area contributed by atoms with Crippen LogP contribution in [-0.2, 0) is 9.88 Å². The van der Waals surface area contributed by atoms with Crippen molar-refractivity contribution in [1.82, 2.24) is 5.23 Å². The minimum absolute atomic E-state index is 0.347. The second-order valence-electron chi connectivity index (χ2n) is 1.08. The van der Waals surface area contributed by atoms with E-state index >= 15 is 0 Å². The number of hydrogen-bond donors (Lipinski definition) is 1. The standard InChI is InChI=1S/C3H5NO3/c5-4-2-1-3-6-7-4/h1,3,5H,2H2. The Kier molecular flexibility index (Phi) is 1.26. The fourth-order valence-corrected chi connectivity index (χ4v) is 0.277. The summed E-state index contributed by atoms with van der Waals surface area (Å²) in [6.45, 7) is 0.347. The molecule has 0 spiro atoms. The first-order chi connectivity index (χ1) is 3.39. The molecule has 1 N–H and O–H groups in total. The summed E-state index contributed by atoms with van der Waals surface area (Å²) in [6, 6.07) is 0. The van der Waals surface area contributed by atoms with Crippen molar-refractivity contribution in [1.29, 1.82) is 0 Å². The molecule has 0 aliphatic carbocycles. The first kappa shape index (κ1) is 4.58. The summed E-state index contributed by atoms with van der Waals surface area (Å²) in [7, 11) is 0. The summed E-state index contributed by atoms with van der Waals surface area (Å²) < 4.78 is 0. The van der Waals surface area contributed by atoms with E-state index in [2.05, 4.69) is 9.88 Å². The highest BCUT2D eigenvalue weighted by atomic mass is 17.3. The van der Waals surface area contributed by atoms with Crippen LogP contribution in [0.4, 0.5) is 0 Å². The largest absolute Gasteiger partial charge is 0.326 e. The summed E-state index contributed by atoms with van der Waals surface area (Å²) in [5.74, 6) is 0. The van der Waals surface area contributed by atoms with E-state index in [0.29, 0.717) is 11.8 Å². The van der Waals surface area contributed by atoms with E-state index in [0.717, 1.165) is 0 Å². The molecule has 1 aliphatic heterocycles. The topological polar surface area (TPSA) is 41.9 Å². The van der Waals surface area contributed by atoms with Crippen LogP contribution < -0.4 is 0 Å². The van der Waals surface area contributed by atoms with Gasteiger partial charge in [-0.15, -0.1) is 0 Å². The first-order valence-corrected chi connectivity index (χ1v) is 1.84. The van der Waals surface area contributed by atoms with Gasteiger partial charge < -0.3 is 4.89 Å². The SMILES string of the molecule is ON1CC=COO1. The van der Waals surface area contributed by atoms with Crippen molar-refractivity contribution >= 4 is 0 Å². The monoisotopic (exact) mass is 103 g/mol. The summed E-state index contributed by atoms with van der Waals surface area (Å²) in [6.07, 6.45) is 2.97. The maximum Gasteiger partial charge on any atom is 0.129 e. The molecule has 0 aromatic carbocycles.